The minimum Gasteiger partial charge on any atom is -0.492 e. The monoisotopic (exact) mass is 449 g/mol. The maximum atomic E-state index is 12.4. The minimum atomic E-state index is -3.64. The molecule has 0 radical (unpaired) electrons. The van der Waals surface area contributed by atoms with Crippen molar-refractivity contribution >= 4 is 33.0 Å². The van der Waals surface area contributed by atoms with E-state index in [0.29, 0.717) is 23.1 Å². The number of nitrogens with zero attached hydrogens (tertiary/aromatic N) is 2. The molecule has 30 heavy (non-hydrogen) atoms. The van der Waals surface area contributed by atoms with E-state index in [4.69, 9.17) is 20.9 Å². The predicted octanol–water partition coefficient (Wildman–Crippen LogP) is 3.67. The fourth-order valence-corrected chi connectivity index (χ4v) is 3.93. The first-order chi connectivity index (χ1) is 14.4. The number of ether oxygens (including phenoxy) is 1. The van der Waals surface area contributed by atoms with Crippen molar-refractivity contribution in [2.75, 3.05) is 11.9 Å². The summed E-state index contributed by atoms with van der Waals surface area (Å²) >= 11 is 5.79. The maximum Gasteiger partial charge on any atom is 0.227 e. The zero-order chi connectivity index (χ0) is 21.6. The molecule has 1 N–H and O–H groups in total. The number of sulfone groups is 1. The van der Waals surface area contributed by atoms with Crippen LogP contribution in [0, 0.1) is 0 Å². The number of anilines is 1. The molecule has 0 aliphatic carbocycles. The number of hydrogen-bond donors (Lipinski definition) is 1. The third-order valence-electron chi connectivity index (χ3n) is 4.03. The minimum absolute atomic E-state index is 0.0297. The average molecular weight is 450 g/mol. The quantitative estimate of drug-likeness (QED) is 0.530. The summed E-state index contributed by atoms with van der Waals surface area (Å²) in [6.07, 6.45) is 0.267. The van der Waals surface area contributed by atoms with Crippen molar-refractivity contribution in [3.05, 3.63) is 65.3 Å². The zero-order valence-corrected chi connectivity index (χ0v) is 17.7. The number of rotatable bonds is 9. The number of nitrogens with one attached hydrogen (secondary N) is 1. The number of para-hydroxylation sites is 2. The van der Waals surface area contributed by atoms with Gasteiger partial charge in [0.05, 0.1) is 17.2 Å². The van der Waals surface area contributed by atoms with E-state index in [-0.39, 0.29) is 35.4 Å². The molecule has 0 saturated heterocycles. The molecule has 1 heterocycles. The van der Waals surface area contributed by atoms with Crippen LogP contribution in [0.3, 0.4) is 0 Å². The Morgan fingerprint density at radius 2 is 1.90 bits per heavy atom. The van der Waals surface area contributed by atoms with Crippen LogP contribution in [0.1, 0.15) is 25.1 Å². The number of aryl methyl sites for hydroxylation is 1. The lowest BCUT2D eigenvalue weighted by Crippen LogP contribution is -2.13. The number of benzene rings is 2. The summed E-state index contributed by atoms with van der Waals surface area (Å²) in [5, 5.41) is 6.92. The lowest BCUT2D eigenvalue weighted by Gasteiger charge is -2.10. The Labute approximate surface area is 179 Å². The molecule has 0 spiro atoms. The Morgan fingerprint density at radius 3 is 2.63 bits per heavy atom. The third kappa shape index (κ3) is 5.80. The third-order valence-corrected chi connectivity index (χ3v) is 5.91. The van der Waals surface area contributed by atoms with E-state index < -0.39 is 15.6 Å². The first-order valence-electron chi connectivity index (χ1n) is 9.19. The summed E-state index contributed by atoms with van der Waals surface area (Å²) < 4.78 is 35.4. The Kier molecular flexibility index (Phi) is 7.07. The van der Waals surface area contributed by atoms with Crippen LogP contribution in [0.15, 0.2) is 57.9 Å². The van der Waals surface area contributed by atoms with Gasteiger partial charge in [-0.05, 0) is 43.3 Å². The topological polar surface area (TPSA) is 111 Å². The zero-order valence-electron chi connectivity index (χ0n) is 16.2. The van der Waals surface area contributed by atoms with Gasteiger partial charge in [-0.1, -0.05) is 28.9 Å². The standard InChI is InChI=1S/C20H20ClN3O5S/c1-2-28-17-6-4-3-5-16(17)22-19(25)11-12-20-23-18(24-29-20)13-30(26,27)15-9-7-14(21)8-10-15/h3-10H,2,11-13H2,1H3,(H,22,25). The highest BCUT2D eigenvalue weighted by molar-refractivity contribution is 7.90. The van der Waals surface area contributed by atoms with Gasteiger partial charge in [-0.3, -0.25) is 4.79 Å². The van der Waals surface area contributed by atoms with Crippen molar-refractivity contribution in [1.82, 2.24) is 10.1 Å². The molecule has 0 unspecified atom stereocenters. The lowest BCUT2D eigenvalue weighted by molar-refractivity contribution is -0.116. The van der Waals surface area contributed by atoms with Crippen molar-refractivity contribution in [3.63, 3.8) is 0 Å². The summed E-state index contributed by atoms with van der Waals surface area (Å²) in [7, 11) is -3.64. The second kappa shape index (κ2) is 9.73. The van der Waals surface area contributed by atoms with E-state index in [0.717, 1.165) is 0 Å². The molecule has 1 amide bonds. The maximum absolute atomic E-state index is 12.4. The number of amides is 1. The molecule has 0 atom stereocenters. The summed E-state index contributed by atoms with van der Waals surface area (Å²) in [5.74, 6) is 0.134. The van der Waals surface area contributed by atoms with Gasteiger partial charge >= 0.3 is 0 Å². The largest absolute Gasteiger partial charge is 0.492 e. The molecular formula is C20H20ClN3O5S. The first kappa shape index (κ1) is 21.8. The molecule has 0 fully saturated rings. The van der Waals surface area contributed by atoms with Crippen LogP contribution >= 0.6 is 11.6 Å². The van der Waals surface area contributed by atoms with E-state index in [9.17, 15) is 13.2 Å². The first-order valence-corrected chi connectivity index (χ1v) is 11.2. The normalized spacial score (nSPS) is 11.3. The lowest BCUT2D eigenvalue weighted by atomic mass is 10.2. The van der Waals surface area contributed by atoms with E-state index in [1.54, 1.807) is 18.2 Å². The van der Waals surface area contributed by atoms with Crippen LogP contribution in [-0.4, -0.2) is 31.1 Å². The summed E-state index contributed by atoms with van der Waals surface area (Å²) in [6, 6.07) is 13.0. The Bertz CT molecular complexity index is 1110. The second-order valence-corrected chi connectivity index (χ2v) is 8.72. The Morgan fingerprint density at radius 1 is 1.17 bits per heavy atom. The van der Waals surface area contributed by atoms with Crippen molar-refractivity contribution in [3.8, 4) is 5.75 Å². The highest BCUT2D eigenvalue weighted by atomic mass is 35.5. The Balaban J connectivity index is 1.57. The Hall–Kier alpha value is -2.91. The van der Waals surface area contributed by atoms with E-state index in [2.05, 4.69) is 15.5 Å². The van der Waals surface area contributed by atoms with E-state index in [1.165, 1.54) is 24.3 Å². The van der Waals surface area contributed by atoms with Crippen molar-refractivity contribution < 1.29 is 22.5 Å². The van der Waals surface area contributed by atoms with Crippen LogP contribution in [0.25, 0.3) is 0 Å². The molecule has 158 valence electrons. The van der Waals surface area contributed by atoms with Gasteiger partial charge in [0.2, 0.25) is 11.8 Å². The van der Waals surface area contributed by atoms with Crippen molar-refractivity contribution in [2.24, 2.45) is 0 Å². The molecule has 0 bridgehead atoms. The van der Waals surface area contributed by atoms with Gasteiger partial charge in [0.1, 0.15) is 11.5 Å². The number of carbonyl (C=O) groups excluding carboxylic acids is 1. The van der Waals surface area contributed by atoms with Crippen molar-refractivity contribution in [2.45, 2.75) is 30.4 Å². The molecule has 0 aliphatic heterocycles. The highest BCUT2D eigenvalue weighted by Gasteiger charge is 2.20. The molecule has 0 aliphatic rings. The van der Waals surface area contributed by atoms with Crippen LogP contribution in [0.4, 0.5) is 5.69 Å². The smallest absolute Gasteiger partial charge is 0.227 e. The van der Waals surface area contributed by atoms with Crippen LogP contribution in [0.5, 0.6) is 5.75 Å². The summed E-state index contributed by atoms with van der Waals surface area (Å²) in [4.78, 5) is 16.4. The van der Waals surface area contributed by atoms with E-state index in [1.807, 2.05) is 13.0 Å². The predicted molar refractivity (Wildman–Crippen MR) is 111 cm³/mol. The molecule has 2 aromatic carbocycles. The summed E-state index contributed by atoms with van der Waals surface area (Å²) in [6.45, 7) is 2.34. The molecule has 1 aromatic heterocycles. The average Bonchev–Trinajstić information content (AvgIpc) is 3.15. The number of halogens is 1. The van der Waals surface area contributed by atoms with Gasteiger partial charge in [-0.2, -0.15) is 4.98 Å². The molecule has 3 rings (SSSR count). The fraction of sp³-hybridized carbons (Fsp3) is 0.250. The fourth-order valence-electron chi connectivity index (χ4n) is 2.63. The van der Waals surface area contributed by atoms with Crippen LogP contribution in [0.2, 0.25) is 5.02 Å². The van der Waals surface area contributed by atoms with Gasteiger partial charge in [0.15, 0.2) is 15.7 Å². The molecule has 3 aromatic rings. The van der Waals surface area contributed by atoms with Crippen LogP contribution in [-0.2, 0) is 26.8 Å². The number of aromatic nitrogens is 2. The molecule has 8 nitrogen and oxygen atoms in total. The van der Waals surface area contributed by atoms with Gasteiger partial charge in [-0.25, -0.2) is 8.42 Å². The SMILES string of the molecule is CCOc1ccccc1NC(=O)CCc1nc(CS(=O)(=O)c2ccc(Cl)cc2)no1. The van der Waals surface area contributed by atoms with E-state index >= 15 is 0 Å². The second-order valence-electron chi connectivity index (χ2n) is 6.29. The highest BCUT2D eigenvalue weighted by Crippen LogP contribution is 2.24. The van der Waals surface area contributed by atoms with Crippen molar-refractivity contribution in [1.29, 1.82) is 0 Å². The molecule has 0 saturated carbocycles. The molecular weight excluding hydrogens is 430 g/mol. The van der Waals surface area contributed by atoms with Crippen LogP contribution < -0.4 is 10.1 Å². The van der Waals surface area contributed by atoms with Gasteiger partial charge < -0.3 is 14.6 Å². The van der Waals surface area contributed by atoms with Gasteiger partial charge in [0.25, 0.3) is 0 Å². The number of carbonyl (C=O) groups is 1. The van der Waals surface area contributed by atoms with Gasteiger partial charge in [-0.15, -0.1) is 0 Å². The molecule has 10 heteroatoms. The summed E-state index contributed by atoms with van der Waals surface area (Å²) in [5.41, 5.74) is 0.574. The number of hydrogen-bond acceptors (Lipinski definition) is 7. The van der Waals surface area contributed by atoms with Gasteiger partial charge in [0, 0.05) is 17.9 Å².